The molecular formula is C11H15BrN2O. The van der Waals surface area contributed by atoms with Gasteiger partial charge in [0.2, 0.25) is 0 Å². The highest BCUT2D eigenvalue weighted by atomic mass is 79.9. The Bertz CT molecular complexity index is 362. The summed E-state index contributed by atoms with van der Waals surface area (Å²) in [6.07, 6.45) is 0. The van der Waals surface area contributed by atoms with E-state index in [1.165, 1.54) is 0 Å². The van der Waals surface area contributed by atoms with E-state index in [2.05, 4.69) is 15.9 Å². The van der Waals surface area contributed by atoms with Crippen LogP contribution < -0.4 is 5.73 Å². The summed E-state index contributed by atoms with van der Waals surface area (Å²) in [5.41, 5.74) is 6.86. The second kappa shape index (κ2) is 5.16. The van der Waals surface area contributed by atoms with Gasteiger partial charge in [0.15, 0.2) is 0 Å². The predicted octanol–water partition coefficient (Wildman–Crippen LogP) is 2.51. The van der Waals surface area contributed by atoms with Crippen LogP contribution in [0.1, 0.15) is 24.2 Å². The number of halogens is 1. The van der Waals surface area contributed by atoms with E-state index in [0.717, 1.165) is 4.47 Å². The fourth-order valence-electron chi connectivity index (χ4n) is 1.39. The molecule has 0 atom stereocenters. The third-order valence-electron chi connectivity index (χ3n) is 2.30. The van der Waals surface area contributed by atoms with Crippen LogP contribution >= 0.6 is 15.9 Å². The van der Waals surface area contributed by atoms with E-state index in [9.17, 15) is 4.79 Å². The zero-order valence-corrected chi connectivity index (χ0v) is 10.5. The first-order chi connectivity index (χ1) is 7.10. The van der Waals surface area contributed by atoms with Crippen molar-refractivity contribution in [1.29, 1.82) is 0 Å². The Balaban J connectivity index is 3.04. The number of anilines is 1. The molecule has 0 bridgehead atoms. The van der Waals surface area contributed by atoms with E-state index in [1.807, 2.05) is 19.9 Å². The highest BCUT2D eigenvalue weighted by Crippen LogP contribution is 2.19. The number of carbonyl (C=O) groups is 1. The van der Waals surface area contributed by atoms with Crippen LogP contribution in [0.5, 0.6) is 0 Å². The molecule has 0 aliphatic rings. The molecule has 0 spiro atoms. The lowest BCUT2D eigenvalue weighted by atomic mass is 10.1. The van der Waals surface area contributed by atoms with Crippen molar-refractivity contribution >= 4 is 27.5 Å². The number of benzene rings is 1. The maximum absolute atomic E-state index is 12.0. The molecule has 0 fully saturated rings. The van der Waals surface area contributed by atoms with Gasteiger partial charge in [0.1, 0.15) is 0 Å². The Morgan fingerprint density at radius 1 is 1.40 bits per heavy atom. The summed E-state index contributed by atoms with van der Waals surface area (Å²) in [7, 11) is 0. The fourth-order valence-corrected chi connectivity index (χ4v) is 1.76. The van der Waals surface area contributed by atoms with Crippen LogP contribution in [0.2, 0.25) is 0 Å². The number of nitrogens with two attached hydrogens (primary N) is 1. The molecule has 1 amide bonds. The molecule has 0 unspecified atom stereocenters. The van der Waals surface area contributed by atoms with Crippen LogP contribution in [-0.2, 0) is 0 Å². The van der Waals surface area contributed by atoms with Gasteiger partial charge in [-0.15, -0.1) is 0 Å². The standard InChI is InChI=1S/C11H15BrN2O/c1-3-14(4-2)11(15)9-7-8(12)5-6-10(9)13/h5-7H,3-4,13H2,1-2H3. The molecule has 0 heterocycles. The zero-order valence-electron chi connectivity index (χ0n) is 8.96. The van der Waals surface area contributed by atoms with Crippen LogP contribution in [-0.4, -0.2) is 23.9 Å². The average Bonchev–Trinajstić information content (AvgIpc) is 2.23. The van der Waals surface area contributed by atoms with E-state index in [4.69, 9.17) is 5.73 Å². The Hall–Kier alpha value is -1.03. The highest BCUT2D eigenvalue weighted by Gasteiger charge is 2.15. The maximum Gasteiger partial charge on any atom is 0.255 e. The Morgan fingerprint density at radius 3 is 2.53 bits per heavy atom. The minimum absolute atomic E-state index is 0.0150. The van der Waals surface area contributed by atoms with E-state index >= 15 is 0 Å². The number of rotatable bonds is 3. The number of hydrogen-bond donors (Lipinski definition) is 1. The van der Waals surface area contributed by atoms with E-state index in [0.29, 0.717) is 24.3 Å². The van der Waals surface area contributed by atoms with Crippen molar-refractivity contribution in [3.63, 3.8) is 0 Å². The Labute approximate surface area is 98.4 Å². The number of nitrogens with zero attached hydrogens (tertiary/aromatic N) is 1. The summed E-state index contributed by atoms with van der Waals surface area (Å²) < 4.78 is 0.868. The molecule has 1 rings (SSSR count). The number of amides is 1. The normalized spacial score (nSPS) is 10.1. The van der Waals surface area contributed by atoms with Crippen LogP contribution in [0.3, 0.4) is 0 Å². The molecule has 82 valence electrons. The van der Waals surface area contributed by atoms with Crippen molar-refractivity contribution in [2.45, 2.75) is 13.8 Å². The van der Waals surface area contributed by atoms with Crippen LogP contribution in [0.4, 0.5) is 5.69 Å². The van der Waals surface area contributed by atoms with Gasteiger partial charge < -0.3 is 10.6 Å². The Kier molecular flexibility index (Phi) is 4.15. The third-order valence-corrected chi connectivity index (χ3v) is 2.79. The number of nitrogen functional groups attached to an aromatic ring is 1. The van der Waals surface area contributed by atoms with Crippen molar-refractivity contribution in [3.05, 3.63) is 28.2 Å². The lowest BCUT2D eigenvalue weighted by Crippen LogP contribution is -2.31. The zero-order chi connectivity index (χ0) is 11.4. The molecule has 0 radical (unpaired) electrons. The topological polar surface area (TPSA) is 46.3 Å². The van der Waals surface area contributed by atoms with Gasteiger partial charge in [-0.2, -0.15) is 0 Å². The SMILES string of the molecule is CCN(CC)C(=O)c1cc(Br)ccc1N. The first-order valence-corrected chi connectivity index (χ1v) is 5.73. The van der Waals surface area contributed by atoms with Gasteiger partial charge in [0.25, 0.3) is 5.91 Å². The summed E-state index contributed by atoms with van der Waals surface area (Å²) in [6.45, 7) is 5.30. The predicted molar refractivity (Wildman–Crippen MR) is 65.8 cm³/mol. The third kappa shape index (κ3) is 2.72. The van der Waals surface area contributed by atoms with Gasteiger partial charge in [0, 0.05) is 23.2 Å². The molecule has 0 aromatic heterocycles. The van der Waals surface area contributed by atoms with Crippen molar-refractivity contribution in [2.24, 2.45) is 0 Å². The molecular weight excluding hydrogens is 256 g/mol. The molecule has 1 aromatic carbocycles. The maximum atomic E-state index is 12.0. The molecule has 1 aromatic rings. The molecule has 0 saturated carbocycles. The number of carbonyl (C=O) groups excluding carboxylic acids is 1. The lowest BCUT2D eigenvalue weighted by molar-refractivity contribution is 0.0774. The quantitative estimate of drug-likeness (QED) is 0.858. The molecule has 0 aliphatic heterocycles. The summed E-state index contributed by atoms with van der Waals surface area (Å²) in [4.78, 5) is 13.8. The van der Waals surface area contributed by atoms with Crippen LogP contribution in [0.15, 0.2) is 22.7 Å². The monoisotopic (exact) mass is 270 g/mol. The van der Waals surface area contributed by atoms with E-state index in [1.54, 1.807) is 17.0 Å². The van der Waals surface area contributed by atoms with Crippen molar-refractivity contribution in [2.75, 3.05) is 18.8 Å². The first-order valence-electron chi connectivity index (χ1n) is 4.94. The Morgan fingerprint density at radius 2 is 2.00 bits per heavy atom. The second-order valence-electron chi connectivity index (χ2n) is 3.21. The van der Waals surface area contributed by atoms with Gasteiger partial charge >= 0.3 is 0 Å². The molecule has 0 saturated heterocycles. The van der Waals surface area contributed by atoms with Gasteiger partial charge in [0.05, 0.1) is 5.56 Å². The summed E-state index contributed by atoms with van der Waals surface area (Å²) in [5.74, 6) is -0.0150. The van der Waals surface area contributed by atoms with Gasteiger partial charge in [-0.3, -0.25) is 4.79 Å². The van der Waals surface area contributed by atoms with Crippen molar-refractivity contribution < 1.29 is 4.79 Å². The van der Waals surface area contributed by atoms with E-state index in [-0.39, 0.29) is 5.91 Å². The van der Waals surface area contributed by atoms with Gasteiger partial charge in [-0.25, -0.2) is 0 Å². The molecule has 4 heteroatoms. The van der Waals surface area contributed by atoms with Gasteiger partial charge in [-0.1, -0.05) is 15.9 Å². The molecule has 0 aliphatic carbocycles. The number of hydrogen-bond acceptors (Lipinski definition) is 2. The summed E-state index contributed by atoms with van der Waals surface area (Å²) >= 11 is 3.33. The van der Waals surface area contributed by atoms with Crippen LogP contribution in [0, 0.1) is 0 Å². The molecule has 15 heavy (non-hydrogen) atoms. The highest BCUT2D eigenvalue weighted by molar-refractivity contribution is 9.10. The smallest absolute Gasteiger partial charge is 0.255 e. The van der Waals surface area contributed by atoms with E-state index < -0.39 is 0 Å². The second-order valence-corrected chi connectivity index (χ2v) is 4.12. The minimum atomic E-state index is -0.0150. The lowest BCUT2D eigenvalue weighted by Gasteiger charge is -2.19. The largest absolute Gasteiger partial charge is 0.398 e. The van der Waals surface area contributed by atoms with Crippen molar-refractivity contribution in [1.82, 2.24) is 4.90 Å². The van der Waals surface area contributed by atoms with Crippen LogP contribution in [0.25, 0.3) is 0 Å². The summed E-state index contributed by atoms with van der Waals surface area (Å²) in [5, 5.41) is 0. The fraction of sp³-hybridized carbons (Fsp3) is 0.364. The molecule has 3 nitrogen and oxygen atoms in total. The summed E-state index contributed by atoms with van der Waals surface area (Å²) in [6, 6.07) is 5.32. The van der Waals surface area contributed by atoms with Gasteiger partial charge in [-0.05, 0) is 32.0 Å². The first kappa shape index (κ1) is 12.0. The van der Waals surface area contributed by atoms with Crippen molar-refractivity contribution in [3.8, 4) is 0 Å². The average molecular weight is 271 g/mol. The minimum Gasteiger partial charge on any atom is -0.398 e. The molecule has 2 N–H and O–H groups in total.